The summed E-state index contributed by atoms with van der Waals surface area (Å²) in [5.74, 6) is 0.271. The highest BCUT2D eigenvalue weighted by Gasteiger charge is 2.14. The van der Waals surface area contributed by atoms with Crippen molar-refractivity contribution in [1.29, 1.82) is 0 Å². The minimum atomic E-state index is -0.442. The third-order valence-corrected chi connectivity index (χ3v) is 2.70. The van der Waals surface area contributed by atoms with Gasteiger partial charge in [-0.25, -0.2) is 0 Å². The maximum Gasteiger partial charge on any atom is 0.311 e. The molecular formula is C14H22N2O5. The van der Waals surface area contributed by atoms with Gasteiger partial charge in [0.1, 0.15) is 6.61 Å². The predicted octanol–water partition coefficient (Wildman–Crippen LogP) is 1.53. The normalized spacial score (nSPS) is 10.6. The van der Waals surface area contributed by atoms with Crippen molar-refractivity contribution in [3.63, 3.8) is 0 Å². The molecule has 0 unspecified atom stereocenters. The Hall–Kier alpha value is -1.70. The van der Waals surface area contributed by atoms with Gasteiger partial charge in [-0.15, -0.1) is 0 Å². The Labute approximate surface area is 124 Å². The van der Waals surface area contributed by atoms with E-state index in [2.05, 4.69) is 5.32 Å². The maximum absolute atomic E-state index is 10.9. The van der Waals surface area contributed by atoms with E-state index in [4.69, 9.17) is 14.2 Å². The molecule has 0 bridgehead atoms. The molecule has 0 saturated heterocycles. The fourth-order valence-corrected chi connectivity index (χ4v) is 1.65. The van der Waals surface area contributed by atoms with Crippen LogP contribution in [-0.2, 0) is 9.47 Å². The molecule has 0 aliphatic carbocycles. The molecule has 0 fully saturated rings. The maximum atomic E-state index is 10.9. The number of rotatable bonds is 11. The SMILES string of the molecule is COCCNCCOCCOc1ccc(C)cc1[N+](=O)[O-]. The molecule has 0 radical (unpaired) electrons. The van der Waals surface area contributed by atoms with Gasteiger partial charge in [-0.1, -0.05) is 6.07 Å². The van der Waals surface area contributed by atoms with E-state index in [-0.39, 0.29) is 18.0 Å². The first-order valence-electron chi connectivity index (χ1n) is 6.80. The summed E-state index contributed by atoms with van der Waals surface area (Å²) in [6.07, 6.45) is 0. The highest BCUT2D eigenvalue weighted by Crippen LogP contribution is 2.27. The summed E-state index contributed by atoms with van der Waals surface area (Å²) in [6, 6.07) is 4.89. The molecular weight excluding hydrogens is 276 g/mol. The van der Waals surface area contributed by atoms with Crippen LogP contribution in [0.3, 0.4) is 0 Å². The first-order valence-corrected chi connectivity index (χ1v) is 6.80. The molecule has 0 aromatic heterocycles. The van der Waals surface area contributed by atoms with Gasteiger partial charge in [-0.2, -0.15) is 0 Å². The Kier molecular flexibility index (Phi) is 8.34. The van der Waals surface area contributed by atoms with Gasteiger partial charge in [0, 0.05) is 26.3 Å². The van der Waals surface area contributed by atoms with Crippen molar-refractivity contribution in [3.8, 4) is 5.75 Å². The first-order chi connectivity index (χ1) is 10.1. The van der Waals surface area contributed by atoms with Crippen molar-refractivity contribution in [3.05, 3.63) is 33.9 Å². The van der Waals surface area contributed by atoms with Crippen LogP contribution in [0.2, 0.25) is 0 Å². The zero-order valence-electron chi connectivity index (χ0n) is 12.5. The van der Waals surface area contributed by atoms with Crippen LogP contribution < -0.4 is 10.1 Å². The molecule has 0 aliphatic heterocycles. The molecule has 7 nitrogen and oxygen atoms in total. The zero-order chi connectivity index (χ0) is 15.5. The number of benzene rings is 1. The number of nitrogens with one attached hydrogen (secondary N) is 1. The molecule has 1 rings (SSSR count). The lowest BCUT2D eigenvalue weighted by atomic mass is 10.2. The largest absolute Gasteiger partial charge is 0.484 e. The number of nitro groups is 1. The fraction of sp³-hybridized carbons (Fsp3) is 0.571. The molecule has 1 aromatic carbocycles. The highest BCUT2D eigenvalue weighted by atomic mass is 16.6. The standard InChI is InChI=1S/C14H22N2O5/c1-12-3-4-14(13(11-12)16(17)18)21-10-9-20-8-6-15-5-7-19-2/h3-4,11,15H,5-10H2,1-2H3. The van der Waals surface area contributed by atoms with Crippen LogP contribution in [0.5, 0.6) is 5.75 Å². The molecule has 0 aliphatic rings. The van der Waals surface area contributed by atoms with Crippen LogP contribution >= 0.6 is 0 Å². The minimum absolute atomic E-state index is 0.0174. The van der Waals surface area contributed by atoms with E-state index in [0.717, 1.165) is 18.7 Å². The van der Waals surface area contributed by atoms with E-state index in [9.17, 15) is 10.1 Å². The summed E-state index contributed by atoms with van der Waals surface area (Å²) < 4.78 is 15.6. The van der Waals surface area contributed by atoms with Crippen molar-refractivity contribution in [2.24, 2.45) is 0 Å². The third-order valence-electron chi connectivity index (χ3n) is 2.70. The molecule has 21 heavy (non-hydrogen) atoms. The van der Waals surface area contributed by atoms with Gasteiger partial charge in [0.05, 0.1) is 24.7 Å². The van der Waals surface area contributed by atoms with E-state index in [1.54, 1.807) is 26.2 Å². The van der Waals surface area contributed by atoms with Gasteiger partial charge in [0.15, 0.2) is 5.75 Å². The second kappa shape index (κ2) is 10.1. The number of methoxy groups -OCH3 is 1. The van der Waals surface area contributed by atoms with Crippen molar-refractivity contribution in [1.82, 2.24) is 5.32 Å². The number of nitrogens with zero attached hydrogens (tertiary/aromatic N) is 1. The lowest BCUT2D eigenvalue weighted by molar-refractivity contribution is -0.385. The van der Waals surface area contributed by atoms with Crippen LogP contribution in [-0.4, -0.2) is 51.6 Å². The molecule has 118 valence electrons. The lowest BCUT2D eigenvalue weighted by Crippen LogP contribution is -2.24. The van der Waals surface area contributed by atoms with Crippen molar-refractivity contribution < 1.29 is 19.1 Å². The number of nitro benzene ring substituents is 1. The van der Waals surface area contributed by atoms with E-state index in [1.165, 1.54) is 6.07 Å². The van der Waals surface area contributed by atoms with Gasteiger partial charge < -0.3 is 19.5 Å². The predicted molar refractivity (Wildman–Crippen MR) is 78.9 cm³/mol. The summed E-state index contributed by atoms with van der Waals surface area (Å²) in [5, 5.41) is 14.1. The Balaban J connectivity index is 2.20. The molecule has 0 saturated carbocycles. The average Bonchev–Trinajstić information content (AvgIpc) is 2.46. The van der Waals surface area contributed by atoms with Crippen molar-refractivity contribution >= 4 is 5.69 Å². The van der Waals surface area contributed by atoms with Crippen LogP contribution in [0.25, 0.3) is 0 Å². The van der Waals surface area contributed by atoms with Gasteiger partial charge in [0.2, 0.25) is 0 Å². The number of hydrogen-bond donors (Lipinski definition) is 1. The molecule has 0 heterocycles. The van der Waals surface area contributed by atoms with Crippen LogP contribution in [0.1, 0.15) is 5.56 Å². The van der Waals surface area contributed by atoms with Gasteiger partial charge >= 0.3 is 5.69 Å². The second-order valence-electron chi connectivity index (χ2n) is 4.43. The van der Waals surface area contributed by atoms with Crippen LogP contribution in [0, 0.1) is 17.0 Å². The van der Waals surface area contributed by atoms with Crippen molar-refractivity contribution in [2.75, 3.05) is 46.6 Å². The summed E-state index contributed by atoms with van der Waals surface area (Å²) in [4.78, 5) is 10.5. The van der Waals surface area contributed by atoms with Gasteiger partial charge in [0.25, 0.3) is 0 Å². The quantitative estimate of drug-likeness (QED) is 0.379. The number of ether oxygens (including phenoxy) is 3. The Morgan fingerprint density at radius 1 is 1.19 bits per heavy atom. The topological polar surface area (TPSA) is 82.9 Å². The van der Waals surface area contributed by atoms with Crippen molar-refractivity contribution in [2.45, 2.75) is 6.92 Å². The van der Waals surface area contributed by atoms with Gasteiger partial charge in [-0.3, -0.25) is 10.1 Å². The number of hydrogen-bond acceptors (Lipinski definition) is 6. The highest BCUT2D eigenvalue weighted by molar-refractivity contribution is 5.48. The summed E-state index contributed by atoms with van der Waals surface area (Å²) in [6.45, 7) is 5.21. The molecule has 0 atom stereocenters. The molecule has 0 amide bonds. The van der Waals surface area contributed by atoms with E-state index < -0.39 is 4.92 Å². The average molecular weight is 298 g/mol. The Morgan fingerprint density at radius 3 is 2.67 bits per heavy atom. The monoisotopic (exact) mass is 298 g/mol. The molecule has 1 N–H and O–H groups in total. The van der Waals surface area contributed by atoms with Crippen LogP contribution in [0.4, 0.5) is 5.69 Å². The van der Waals surface area contributed by atoms with Crippen LogP contribution in [0.15, 0.2) is 18.2 Å². The smallest absolute Gasteiger partial charge is 0.311 e. The third kappa shape index (κ3) is 7.03. The summed E-state index contributed by atoms with van der Waals surface area (Å²) in [5.41, 5.74) is 0.809. The Morgan fingerprint density at radius 2 is 1.95 bits per heavy atom. The zero-order valence-corrected chi connectivity index (χ0v) is 12.5. The first kappa shape index (κ1) is 17.4. The molecule has 0 spiro atoms. The van der Waals surface area contributed by atoms with E-state index in [0.29, 0.717) is 19.8 Å². The molecule has 7 heteroatoms. The fourth-order valence-electron chi connectivity index (χ4n) is 1.65. The second-order valence-corrected chi connectivity index (χ2v) is 4.43. The van der Waals surface area contributed by atoms with E-state index in [1.807, 2.05) is 0 Å². The lowest BCUT2D eigenvalue weighted by Gasteiger charge is -2.08. The Bertz CT molecular complexity index is 439. The minimum Gasteiger partial charge on any atom is -0.484 e. The van der Waals surface area contributed by atoms with E-state index >= 15 is 0 Å². The molecule has 1 aromatic rings. The van der Waals surface area contributed by atoms with Gasteiger partial charge in [-0.05, 0) is 18.6 Å². The summed E-state index contributed by atoms with van der Waals surface area (Å²) in [7, 11) is 1.65. The summed E-state index contributed by atoms with van der Waals surface area (Å²) >= 11 is 0. The number of aryl methyl sites for hydroxylation is 1.